The number of aromatic nitrogens is 10. The molecular formula is C75H88BBr2IN16O24S6. The van der Waals surface area contributed by atoms with Gasteiger partial charge in [0.15, 0.2) is 59.0 Å². The molecule has 1 aliphatic heterocycles. The zero-order valence-electron chi connectivity index (χ0n) is 71.3. The summed E-state index contributed by atoms with van der Waals surface area (Å²) in [5.74, 6) is 0. The molecule has 0 amide bonds. The fourth-order valence-electron chi connectivity index (χ4n) is 11.3. The average Bonchev–Trinajstić information content (AvgIpc) is 1.61. The molecule has 1 saturated heterocycles. The summed E-state index contributed by atoms with van der Waals surface area (Å²) in [6, 6.07) is 28.4. The first-order valence-corrected chi connectivity index (χ1v) is 50.0. The molecule has 0 saturated carbocycles. The minimum Gasteiger partial charge on any atom is -0.399 e. The monoisotopic (exact) mass is 2080 g/mol. The van der Waals surface area contributed by atoms with E-state index in [9.17, 15) is 101 Å². The van der Waals surface area contributed by atoms with E-state index in [1.165, 1.54) is 84.6 Å². The van der Waals surface area contributed by atoms with Crippen LogP contribution in [0.3, 0.4) is 0 Å². The van der Waals surface area contributed by atoms with Crippen molar-refractivity contribution in [3.63, 3.8) is 0 Å². The first-order valence-electron chi connectivity index (χ1n) is 35.9. The maximum Gasteiger partial charge on any atom is 0.494 e. The summed E-state index contributed by atoms with van der Waals surface area (Å²) in [7, 11) is -13.4. The Labute approximate surface area is 751 Å². The molecular weight excluding hydrogens is 2000 g/mol. The van der Waals surface area contributed by atoms with Gasteiger partial charge in [-0.05, 0) is 210 Å². The van der Waals surface area contributed by atoms with E-state index in [-0.39, 0.29) is 35.1 Å². The van der Waals surface area contributed by atoms with Crippen LogP contribution in [0.25, 0.3) is 45.0 Å². The Morgan fingerprint density at radius 3 is 0.976 bits per heavy atom. The van der Waals surface area contributed by atoms with Gasteiger partial charge in [-0.15, -0.1) is 0 Å². The van der Waals surface area contributed by atoms with Gasteiger partial charge in [-0.2, -0.15) is 25.5 Å². The van der Waals surface area contributed by atoms with Gasteiger partial charge in [0.1, 0.15) is 33.9 Å². The molecule has 0 aliphatic carbocycles. The molecule has 1 fully saturated rings. The third-order valence-corrected chi connectivity index (χ3v) is 28.3. The van der Waals surface area contributed by atoms with Crippen molar-refractivity contribution in [3.05, 3.63) is 224 Å². The van der Waals surface area contributed by atoms with Gasteiger partial charge in [0.25, 0.3) is 28.4 Å². The van der Waals surface area contributed by atoms with Crippen molar-refractivity contribution < 1.29 is 84.4 Å². The van der Waals surface area contributed by atoms with Gasteiger partial charge < -0.3 is 15.0 Å². The summed E-state index contributed by atoms with van der Waals surface area (Å²) in [6.07, 6.45) is 5.86. The Balaban J connectivity index is 0.000000228. The van der Waals surface area contributed by atoms with E-state index >= 15 is 0 Å². The molecule has 12 rings (SSSR count). The van der Waals surface area contributed by atoms with Crippen molar-refractivity contribution in [2.45, 2.75) is 117 Å². The van der Waals surface area contributed by atoms with Gasteiger partial charge in [-0.1, -0.05) is 28.1 Å². The van der Waals surface area contributed by atoms with Crippen LogP contribution in [0.5, 0.6) is 0 Å². The molecule has 672 valence electrons. The predicted molar refractivity (Wildman–Crippen MR) is 484 cm³/mol. The van der Waals surface area contributed by atoms with Crippen molar-refractivity contribution in [3.8, 4) is 45.0 Å². The number of rotatable bonds is 16. The highest BCUT2D eigenvalue weighted by atomic mass is 127. The second-order valence-electron chi connectivity index (χ2n) is 29.4. The number of halogens is 3. The molecule has 50 heteroatoms. The Hall–Kier alpha value is -10.5. The van der Waals surface area contributed by atoms with Gasteiger partial charge >= 0.3 is 7.12 Å². The van der Waals surface area contributed by atoms with Crippen LogP contribution in [-0.4, -0.2) is 180 Å². The number of hydrogen-bond acceptors (Lipinski definition) is 30. The number of hydrogen-bond donors (Lipinski definition) is 1. The van der Waals surface area contributed by atoms with Crippen LogP contribution in [0.2, 0.25) is 0 Å². The molecule has 2 N–H and O–H groups in total. The third-order valence-electron chi connectivity index (χ3n) is 19.5. The van der Waals surface area contributed by atoms with E-state index in [1.54, 1.807) is 64.1 Å². The number of anilines is 1. The smallest absolute Gasteiger partial charge is 0.399 e. The number of nitro benzene ring substituents is 5. The van der Waals surface area contributed by atoms with Crippen molar-refractivity contribution in [2.24, 2.45) is 35.2 Å². The third kappa shape index (κ3) is 25.7. The second-order valence-corrected chi connectivity index (χ2v) is 44.1. The van der Waals surface area contributed by atoms with Crippen LogP contribution < -0.4 is 11.2 Å². The SMILES string of the molecule is CC1(C)OB(c2ccc([N+](=O)[O-])c(S(C)(=O)=O)c2)OC1(C)C.CS(=O)(=O)c1cc(Br)ccc1[N+](=O)[O-].Cc1c(-c2ccc(N)c(S(C)(=O)=O)c2)nn(C)c1C.Cc1c(-c2ccc([N+](=O)[O-])c(S(C)(=O)=O)c2)nn(C)c1C.Cc1c(Br)c(-c2ccc([N+](=O)[O-])c(S(C)(=O)=O)c2)nn1C.Cc1cc(-c2ccc([N+](=O)[O-])c(S(C)(=O)=O)c2)nn1C.Cc1cc(I)nn1C. The van der Waals surface area contributed by atoms with Gasteiger partial charge in [0.05, 0.1) is 68.0 Å². The van der Waals surface area contributed by atoms with Crippen LogP contribution >= 0.6 is 54.5 Å². The number of nitrogens with two attached hydrogens (primary N) is 1. The number of benzene rings is 6. The maximum absolute atomic E-state index is 11.8. The lowest BCUT2D eigenvalue weighted by molar-refractivity contribution is -0.388. The fraction of sp³-hybridized carbons (Fsp3) is 0.320. The summed E-state index contributed by atoms with van der Waals surface area (Å²) in [5.41, 5.74) is 14.9. The van der Waals surface area contributed by atoms with Crippen LogP contribution in [-0.2, 0) is 104 Å². The normalized spacial score (nSPS) is 13.0. The van der Waals surface area contributed by atoms with Crippen LogP contribution in [0, 0.1) is 103 Å². The number of nitro groups is 5. The van der Waals surface area contributed by atoms with E-state index in [0.29, 0.717) is 43.7 Å². The van der Waals surface area contributed by atoms with Crippen LogP contribution in [0.4, 0.5) is 34.1 Å². The molecule has 1 aliphatic rings. The number of aryl methyl sites for hydroxylation is 7. The lowest BCUT2D eigenvalue weighted by Gasteiger charge is -2.32. The Morgan fingerprint density at radius 1 is 0.376 bits per heavy atom. The zero-order valence-corrected chi connectivity index (χ0v) is 81.5. The molecule has 6 aromatic carbocycles. The summed E-state index contributed by atoms with van der Waals surface area (Å²) < 4.78 is 162. The quantitative estimate of drug-likeness (QED) is 0.0308. The molecule has 0 unspecified atom stereocenters. The average molecular weight is 2090 g/mol. The number of nitrogens with zero attached hydrogens (tertiary/aromatic N) is 15. The second kappa shape index (κ2) is 39.6. The lowest BCUT2D eigenvalue weighted by atomic mass is 9.79. The maximum atomic E-state index is 11.8. The van der Waals surface area contributed by atoms with E-state index < -0.39 is 130 Å². The summed E-state index contributed by atoms with van der Waals surface area (Å²) in [5, 5.41) is 75.7. The lowest BCUT2D eigenvalue weighted by Crippen LogP contribution is -2.41. The van der Waals surface area contributed by atoms with E-state index in [4.69, 9.17) is 15.0 Å². The predicted octanol–water partition coefficient (Wildman–Crippen LogP) is 12.3. The van der Waals surface area contributed by atoms with E-state index in [2.05, 4.69) is 79.9 Å². The Morgan fingerprint density at radius 2 is 0.672 bits per heavy atom. The first-order chi connectivity index (χ1) is 57.0. The standard InChI is InChI=1S/C13H18BNO6S.C13H15N3O4S.C13H17N3O2S.C12H12BrN3O4S.C12H13N3O4S.C7H6BrNO4S.C5H7IN2/c1-12(2)13(3,4)21-14(20-12)9-6-7-10(15(16)17)11(8-9)22(5,18)19;1-8-9(2)15(3)14-13(8)10-5-6-11(16(17)18)12(7-10)21(4,19)20;1-8-9(2)16(3)15-13(8)10-5-6-11(14)12(7-10)19(4,17)18;1-7-11(13)12(14-15(7)2)8-4-5-9(16(17)18)10(6-8)21(3,19)20;1-8-6-10(13-14(8)2)9-4-5-11(15(16)17)12(7-9)20(3,18)19;1-14(12,13)7-4-5(8)2-3-6(7)9(10)11;1-4-3-5(6)7-8(4)2/h6-8H,1-5H3;5-7H,1-4H3;5-7H,14H2,1-4H3;4-6H,1-3H3;4-7H,1-3H3;2-4H,1H3;3H,1-2H3. The first kappa shape index (κ1) is 103. The Bertz CT molecular complexity index is 6660. The van der Waals surface area contributed by atoms with E-state index in [1.807, 2.05) is 101 Å². The zero-order chi connectivity index (χ0) is 95.3. The summed E-state index contributed by atoms with van der Waals surface area (Å²) in [4.78, 5) is 49.4. The fourth-order valence-corrected chi connectivity index (χ4v) is 18.4. The van der Waals surface area contributed by atoms with E-state index in [0.717, 1.165) is 103 Å². The molecule has 0 radical (unpaired) electrons. The highest BCUT2D eigenvalue weighted by molar-refractivity contribution is 14.1. The molecule has 11 aromatic rings. The Kier molecular flexibility index (Phi) is 32.7. The molecule has 125 heavy (non-hydrogen) atoms. The minimum atomic E-state index is -3.74. The number of nitrogen functional groups attached to an aromatic ring is 1. The number of sulfone groups is 6. The van der Waals surface area contributed by atoms with Gasteiger partial charge in [0, 0.05) is 158 Å². The van der Waals surface area contributed by atoms with Gasteiger partial charge in [0.2, 0.25) is 0 Å². The largest absolute Gasteiger partial charge is 0.494 e. The molecule has 5 aromatic heterocycles. The highest BCUT2D eigenvalue weighted by Gasteiger charge is 2.52. The van der Waals surface area contributed by atoms with Crippen LogP contribution in [0.15, 0.2) is 160 Å². The highest BCUT2D eigenvalue weighted by Crippen LogP contribution is 2.40. The van der Waals surface area contributed by atoms with Gasteiger partial charge in [-0.25, -0.2) is 50.5 Å². The molecule has 6 heterocycles. The minimum absolute atomic E-state index is 0.146. The van der Waals surface area contributed by atoms with Crippen molar-refractivity contribution >= 4 is 160 Å². The van der Waals surface area contributed by atoms with Crippen molar-refractivity contribution in [1.82, 2.24) is 48.9 Å². The molecule has 0 atom stereocenters. The topological polar surface area (TPSA) is 554 Å². The summed E-state index contributed by atoms with van der Waals surface area (Å²) >= 11 is 8.64. The molecule has 40 nitrogen and oxygen atoms in total. The van der Waals surface area contributed by atoms with Crippen molar-refractivity contribution in [2.75, 3.05) is 43.3 Å². The molecule has 0 spiro atoms. The van der Waals surface area contributed by atoms with Crippen LogP contribution in [0.1, 0.15) is 67.3 Å². The van der Waals surface area contributed by atoms with Gasteiger partial charge in [-0.3, -0.25) is 74.0 Å². The molecule has 0 bridgehead atoms. The van der Waals surface area contributed by atoms with Crippen molar-refractivity contribution in [1.29, 1.82) is 0 Å². The summed E-state index contributed by atoms with van der Waals surface area (Å²) in [6.45, 7) is 20.9.